The molecule has 2 amide bonds. The van der Waals surface area contributed by atoms with Gasteiger partial charge in [0.1, 0.15) is 5.54 Å². The molecule has 6 heteroatoms. The first kappa shape index (κ1) is 14.8. The first-order chi connectivity index (χ1) is 8.53. The van der Waals surface area contributed by atoms with Crippen LogP contribution in [0.4, 0.5) is 4.79 Å². The maximum Gasteiger partial charge on any atom is 0.329 e. The van der Waals surface area contributed by atoms with Gasteiger partial charge in [0.25, 0.3) is 0 Å². The second-order valence-electron chi connectivity index (χ2n) is 4.62. The Morgan fingerprint density at radius 2 is 2.22 bits per heavy atom. The number of rotatable bonds is 4. The van der Waals surface area contributed by atoms with Gasteiger partial charge < -0.3 is 15.7 Å². The van der Waals surface area contributed by atoms with Crippen molar-refractivity contribution in [1.82, 2.24) is 10.6 Å². The van der Waals surface area contributed by atoms with Gasteiger partial charge in [-0.25, -0.2) is 9.59 Å². The van der Waals surface area contributed by atoms with Crippen LogP contribution >= 0.6 is 11.6 Å². The number of carbonyl (C=O) groups is 2. The number of carbonyl (C=O) groups excluding carboxylic acids is 1. The number of halogens is 1. The molecule has 0 radical (unpaired) electrons. The van der Waals surface area contributed by atoms with Crippen LogP contribution in [0.1, 0.15) is 32.6 Å². The number of urea groups is 1. The van der Waals surface area contributed by atoms with Crippen molar-refractivity contribution in [2.45, 2.75) is 38.1 Å². The molecule has 0 saturated heterocycles. The van der Waals surface area contributed by atoms with E-state index in [-0.39, 0.29) is 12.5 Å². The molecule has 0 aromatic heterocycles. The zero-order chi connectivity index (χ0) is 13.6. The summed E-state index contributed by atoms with van der Waals surface area (Å²) in [5.74, 6) is -1.03. The highest BCUT2D eigenvalue weighted by Gasteiger charge is 2.46. The fourth-order valence-corrected chi connectivity index (χ4v) is 2.44. The first-order valence-electron chi connectivity index (χ1n) is 6.07. The first-order valence-corrected chi connectivity index (χ1v) is 6.51. The third-order valence-corrected chi connectivity index (χ3v) is 3.67. The van der Waals surface area contributed by atoms with Crippen LogP contribution in [0.3, 0.4) is 0 Å². The minimum Gasteiger partial charge on any atom is -0.479 e. The van der Waals surface area contributed by atoms with E-state index in [1.54, 1.807) is 6.08 Å². The Morgan fingerprint density at radius 1 is 1.50 bits per heavy atom. The third kappa shape index (κ3) is 3.38. The van der Waals surface area contributed by atoms with Crippen LogP contribution in [0.5, 0.6) is 0 Å². The summed E-state index contributed by atoms with van der Waals surface area (Å²) in [6, 6.07) is -0.471. The highest BCUT2D eigenvalue weighted by Crippen LogP contribution is 2.33. The summed E-state index contributed by atoms with van der Waals surface area (Å²) < 4.78 is 0. The van der Waals surface area contributed by atoms with Gasteiger partial charge >= 0.3 is 12.0 Å². The number of carboxylic acids is 1. The van der Waals surface area contributed by atoms with Crippen molar-refractivity contribution < 1.29 is 14.7 Å². The minimum atomic E-state index is -1.15. The van der Waals surface area contributed by atoms with Gasteiger partial charge in [-0.05, 0) is 18.8 Å². The lowest BCUT2D eigenvalue weighted by molar-refractivity contribution is -0.148. The molecule has 5 nitrogen and oxygen atoms in total. The summed E-state index contributed by atoms with van der Waals surface area (Å²) >= 11 is 5.33. The molecular weight excluding hydrogens is 256 g/mol. The predicted molar refractivity (Wildman–Crippen MR) is 69.5 cm³/mol. The quantitative estimate of drug-likeness (QED) is 0.734. The van der Waals surface area contributed by atoms with Crippen molar-refractivity contribution in [3.05, 3.63) is 11.6 Å². The largest absolute Gasteiger partial charge is 0.479 e. The maximum atomic E-state index is 11.7. The molecule has 0 aliphatic heterocycles. The van der Waals surface area contributed by atoms with E-state index in [2.05, 4.69) is 10.6 Å². The van der Waals surface area contributed by atoms with E-state index in [1.807, 2.05) is 6.92 Å². The highest BCUT2D eigenvalue weighted by atomic mass is 35.5. The molecule has 0 aromatic carbocycles. The van der Waals surface area contributed by atoms with E-state index in [0.29, 0.717) is 6.42 Å². The Bertz CT molecular complexity index is 346. The number of amides is 2. The highest BCUT2D eigenvalue weighted by molar-refractivity contribution is 6.25. The molecule has 1 aliphatic carbocycles. The van der Waals surface area contributed by atoms with E-state index in [0.717, 1.165) is 19.3 Å². The second kappa shape index (κ2) is 6.64. The predicted octanol–water partition coefficient (Wildman–Crippen LogP) is 2.07. The van der Waals surface area contributed by atoms with Crippen LogP contribution in [-0.4, -0.2) is 29.2 Å². The molecule has 18 heavy (non-hydrogen) atoms. The number of nitrogens with one attached hydrogen (secondary N) is 2. The van der Waals surface area contributed by atoms with E-state index < -0.39 is 17.5 Å². The van der Waals surface area contributed by atoms with E-state index in [9.17, 15) is 14.7 Å². The average molecular weight is 275 g/mol. The zero-order valence-corrected chi connectivity index (χ0v) is 11.2. The fourth-order valence-electron chi connectivity index (χ4n) is 2.35. The van der Waals surface area contributed by atoms with Crippen LogP contribution in [0.15, 0.2) is 11.6 Å². The van der Waals surface area contributed by atoms with Gasteiger partial charge in [0.2, 0.25) is 0 Å². The van der Waals surface area contributed by atoms with Crippen molar-refractivity contribution in [2.24, 2.45) is 5.92 Å². The van der Waals surface area contributed by atoms with Crippen LogP contribution in [0.25, 0.3) is 0 Å². The molecule has 1 fully saturated rings. The van der Waals surface area contributed by atoms with E-state index >= 15 is 0 Å². The average Bonchev–Trinajstić information content (AvgIpc) is 2.32. The molecule has 0 spiro atoms. The fraction of sp³-hybridized carbons (Fsp3) is 0.667. The number of aliphatic carboxylic acids is 1. The topological polar surface area (TPSA) is 78.4 Å². The van der Waals surface area contributed by atoms with Crippen molar-refractivity contribution in [2.75, 3.05) is 6.54 Å². The lowest BCUT2D eigenvalue weighted by Gasteiger charge is -2.39. The third-order valence-electron chi connectivity index (χ3n) is 3.49. The summed E-state index contributed by atoms with van der Waals surface area (Å²) in [6.07, 6.45) is 4.68. The van der Waals surface area contributed by atoms with Gasteiger partial charge in [-0.1, -0.05) is 37.4 Å². The maximum absolute atomic E-state index is 11.7. The Kier molecular flexibility index (Phi) is 5.47. The van der Waals surface area contributed by atoms with Crippen molar-refractivity contribution in [3.63, 3.8) is 0 Å². The van der Waals surface area contributed by atoms with E-state index in [1.165, 1.54) is 5.54 Å². The number of carboxylic acid groups (broad SMARTS) is 1. The number of hydrogen-bond donors (Lipinski definition) is 3. The van der Waals surface area contributed by atoms with Gasteiger partial charge in [-0.15, -0.1) is 0 Å². The molecule has 3 N–H and O–H groups in total. The van der Waals surface area contributed by atoms with Crippen LogP contribution < -0.4 is 10.6 Å². The molecular formula is C12H19ClN2O3. The molecule has 1 rings (SSSR count). The number of hydrogen-bond acceptors (Lipinski definition) is 2. The van der Waals surface area contributed by atoms with Crippen LogP contribution in [0.2, 0.25) is 0 Å². The van der Waals surface area contributed by atoms with Gasteiger partial charge in [0, 0.05) is 12.1 Å². The van der Waals surface area contributed by atoms with Crippen LogP contribution in [0, 0.1) is 5.92 Å². The van der Waals surface area contributed by atoms with Gasteiger partial charge in [0.15, 0.2) is 0 Å². The van der Waals surface area contributed by atoms with Crippen molar-refractivity contribution in [3.8, 4) is 0 Å². The molecule has 0 aromatic rings. The zero-order valence-electron chi connectivity index (χ0n) is 10.4. The Morgan fingerprint density at radius 3 is 2.78 bits per heavy atom. The standard InChI is InChI=1S/C12H19ClN2O3/c1-9-5-2-3-6-12(9,10(16)17)15-11(18)14-8-4-7-13/h4,7,9H,2-3,5-6,8H2,1H3,(H,16,17)(H2,14,15,18)/b7-4+. The SMILES string of the molecule is CC1CCCCC1(NC(=O)NC/C=C/Cl)C(=O)O. The van der Waals surface area contributed by atoms with Gasteiger partial charge in [-0.3, -0.25) is 0 Å². The lowest BCUT2D eigenvalue weighted by atomic mass is 9.73. The minimum absolute atomic E-state index is 0.0712. The van der Waals surface area contributed by atoms with Crippen molar-refractivity contribution >= 4 is 23.6 Å². The van der Waals surface area contributed by atoms with Crippen LogP contribution in [-0.2, 0) is 4.79 Å². The molecule has 0 bridgehead atoms. The Balaban J connectivity index is 2.67. The second-order valence-corrected chi connectivity index (χ2v) is 4.87. The molecule has 1 saturated carbocycles. The summed E-state index contributed by atoms with van der Waals surface area (Å²) in [5.41, 5.74) is 0.156. The van der Waals surface area contributed by atoms with E-state index in [4.69, 9.17) is 11.6 Å². The molecule has 1 aliphatic rings. The summed E-state index contributed by atoms with van der Waals surface area (Å²) in [7, 11) is 0. The smallest absolute Gasteiger partial charge is 0.329 e. The van der Waals surface area contributed by atoms with Crippen molar-refractivity contribution in [1.29, 1.82) is 0 Å². The molecule has 2 atom stereocenters. The molecule has 2 unspecified atom stereocenters. The lowest BCUT2D eigenvalue weighted by Crippen LogP contribution is -2.61. The van der Waals surface area contributed by atoms with Gasteiger partial charge in [0.05, 0.1) is 0 Å². The summed E-state index contributed by atoms with van der Waals surface area (Å²) in [6.45, 7) is 2.14. The van der Waals surface area contributed by atoms with Gasteiger partial charge in [-0.2, -0.15) is 0 Å². The normalized spacial score (nSPS) is 28.0. The Labute approximate surface area is 112 Å². The summed E-state index contributed by atoms with van der Waals surface area (Å²) in [4.78, 5) is 23.2. The molecule has 0 heterocycles. The Hall–Kier alpha value is -1.23. The monoisotopic (exact) mass is 274 g/mol. The molecule has 102 valence electrons. The summed E-state index contributed by atoms with van der Waals surface area (Å²) in [5, 5.41) is 14.6.